The van der Waals surface area contributed by atoms with Gasteiger partial charge in [0.2, 0.25) is 0 Å². The van der Waals surface area contributed by atoms with E-state index in [2.05, 4.69) is 9.97 Å². The van der Waals surface area contributed by atoms with Gasteiger partial charge >= 0.3 is 0 Å². The van der Waals surface area contributed by atoms with Crippen molar-refractivity contribution in [1.82, 2.24) is 9.97 Å². The predicted octanol–water partition coefficient (Wildman–Crippen LogP) is 0.974. The molecular weight excluding hydrogens is 218 g/mol. The topological polar surface area (TPSA) is 81.0 Å². The van der Waals surface area contributed by atoms with Crippen LogP contribution in [-0.2, 0) is 6.42 Å². The fraction of sp³-hybridized carbons (Fsp3) is 0.167. The quantitative estimate of drug-likeness (QED) is 0.768. The van der Waals surface area contributed by atoms with Gasteiger partial charge in [0.15, 0.2) is 0 Å². The third-order valence-electron chi connectivity index (χ3n) is 2.24. The van der Waals surface area contributed by atoms with Gasteiger partial charge in [-0.1, -0.05) is 0 Å². The van der Waals surface area contributed by atoms with Crippen LogP contribution in [0, 0.1) is 0 Å². The molecule has 5 heteroatoms. The van der Waals surface area contributed by atoms with Gasteiger partial charge in [-0.05, 0) is 24.3 Å². The third kappa shape index (κ3) is 3.34. The van der Waals surface area contributed by atoms with Crippen molar-refractivity contribution in [3.05, 3.63) is 52.7 Å². The van der Waals surface area contributed by atoms with E-state index in [1.165, 1.54) is 12.4 Å². The van der Waals surface area contributed by atoms with Gasteiger partial charge in [0.1, 0.15) is 5.75 Å². The minimum absolute atomic E-state index is 0.150. The Balaban J connectivity index is 1.87. The Morgan fingerprint density at radius 2 is 2.06 bits per heavy atom. The molecule has 88 valence electrons. The SMILES string of the molecule is Nc1ccc(OCCc2cc(=O)[nH]cn2)cc1. The Kier molecular flexibility index (Phi) is 3.40. The van der Waals surface area contributed by atoms with Crippen LogP contribution in [0.15, 0.2) is 41.5 Å². The van der Waals surface area contributed by atoms with Crippen LogP contribution < -0.4 is 16.0 Å². The van der Waals surface area contributed by atoms with Crippen molar-refractivity contribution in [3.63, 3.8) is 0 Å². The first-order valence-corrected chi connectivity index (χ1v) is 5.26. The normalized spacial score (nSPS) is 10.1. The summed E-state index contributed by atoms with van der Waals surface area (Å²) in [7, 11) is 0. The van der Waals surface area contributed by atoms with Gasteiger partial charge in [-0.2, -0.15) is 0 Å². The van der Waals surface area contributed by atoms with E-state index < -0.39 is 0 Å². The number of ether oxygens (including phenoxy) is 1. The summed E-state index contributed by atoms with van der Waals surface area (Å²) in [6, 6.07) is 8.63. The van der Waals surface area contributed by atoms with E-state index in [1.54, 1.807) is 24.3 Å². The molecule has 0 atom stereocenters. The summed E-state index contributed by atoms with van der Waals surface area (Å²) in [5.74, 6) is 0.754. The molecule has 0 amide bonds. The lowest BCUT2D eigenvalue weighted by Gasteiger charge is -2.05. The number of nitrogens with two attached hydrogens (primary N) is 1. The summed E-state index contributed by atoms with van der Waals surface area (Å²) in [5, 5.41) is 0. The second-order valence-electron chi connectivity index (χ2n) is 3.57. The Labute approximate surface area is 98.3 Å². The minimum atomic E-state index is -0.150. The van der Waals surface area contributed by atoms with Gasteiger partial charge in [0, 0.05) is 18.2 Å². The van der Waals surface area contributed by atoms with E-state index in [9.17, 15) is 4.79 Å². The lowest BCUT2D eigenvalue weighted by molar-refractivity contribution is 0.320. The lowest BCUT2D eigenvalue weighted by Crippen LogP contribution is -2.09. The number of benzene rings is 1. The first kappa shape index (κ1) is 11.2. The number of aromatic nitrogens is 2. The fourth-order valence-electron chi connectivity index (χ4n) is 1.38. The summed E-state index contributed by atoms with van der Waals surface area (Å²) < 4.78 is 5.50. The highest BCUT2D eigenvalue weighted by Gasteiger charge is 1.97. The van der Waals surface area contributed by atoms with Crippen LogP contribution in [0.3, 0.4) is 0 Å². The van der Waals surface area contributed by atoms with E-state index in [0.717, 1.165) is 5.75 Å². The van der Waals surface area contributed by atoms with E-state index in [1.807, 2.05) is 0 Å². The van der Waals surface area contributed by atoms with Crippen molar-refractivity contribution >= 4 is 5.69 Å². The number of nitrogens with one attached hydrogen (secondary N) is 1. The molecule has 1 aromatic carbocycles. The molecule has 0 fully saturated rings. The molecule has 0 saturated carbocycles. The molecule has 1 aromatic heterocycles. The molecule has 0 unspecified atom stereocenters. The molecule has 0 radical (unpaired) electrons. The first-order chi connectivity index (χ1) is 8.24. The molecule has 0 aliphatic rings. The van der Waals surface area contributed by atoms with E-state index >= 15 is 0 Å². The summed E-state index contributed by atoms with van der Waals surface area (Å²) in [4.78, 5) is 17.5. The van der Waals surface area contributed by atoms with Crippen molar-refractivity contribution < 1.29 is 4.74 Å². The molecule has 1 heterocycles. The van der Waals surface area contributed by atoms with Crippen molar-refractivity contribution in [2.75, 3.05) is 12.3 Å². The number of H-pyrrole nitrogens is 1. The monoisotopic (exact) mass is 231 g/mol. The predicted molar refractivity (Wildman–Crippen MR) is 64.9 cm³/mol. The first-order valence-electron chi connectivity index (χ1n) is 5.26. The van der Waals surface area contributed by atoms with Crippen LogP contribution in [0.4, 0.5) is 5.69 Å². The van der Waals surface area contributed by atoms with Crippen LogP contribution >= 0.6 is 0 Å². The Hall–Kier alpha value is -2.30. The zero-order valence-corrected chi connectivity index (χ0v) is 9.22. The number of nitrogens with zero attached hydrogens (tertiary/aromatic N) is 1. The zero-order valence-electron chi connectivity index (χ0n) is 9.22. The second-order valence-corrected chi connectivity index (χ2v) is 3.57. The van der Waals surface area contributed by atoms with Gasteiger partial charge in [0.05, 0.1) is 18.6 Å². The van der Waals surface area contributed by atoms with Crippen molar-refractivity contribution in [2.45, 2.75) is 6.42 Å². The van der Waals surface area contributed by atoms with Crippen LogP contribution in [-0.4, -0.2) is 16.6 Å². The maximum atomic E-state index is 11.0. The third-order valence-corrected chi connectivity index (χ3v) is 2.24. The van der Waals surface area contributed by atoms with Crippen LogP contribution in [0.5, 0.6) is 5.75 Å². The summed E-state index contributed by atoms with van der Waals surface area (Å²) in [6.07, 6.45) is 1.98. The number of aromatic amines is 1. The molecular formula is C12H13N3O2. The van der Waals surface area contributed by atoms with E-state index in [4.69, 9.17) is 10.5 Å². The summed E-state index contributed by atoms with van der Waals surface area (Å²) >= 11 is 0. The molecule has 3 N–H and O–H groups in total. The summed E-state index contributed by atoms with van der Waals surface area (Å²) in [6.45, 7) is 0.473. The molecule has 17 heavy (non-hydrogen) atoms. The number of hydrogen-bond acceptors (Lipinski definition) is 4. The van der Waals surface area contributed by atoms with Crippen molar-refractivity contribution in [3.8, 4) is 5.75 Å². The zero-order chi connectivity index (χ0) is 12.1. The Morgan fingerprint density at radius 1 is 1.29 bits per heavy atom. The number of anilines is 1. The molecule has 2 aromatic rings. The standard InChI is InChI=1S/C12H13N3O2/c13-9-1-3-11(4-2-9)17-6-5-10-7-12(16)15-8-14-10/h1-4,7-8H,5-6,13H2,(H,14,15,16). The van der Waals surface area contributed by atoms with Gasteiger partial charge in [0.25, 0.3) is 5.56 Å². The Morgan fingerprint density at radius 3 is 2.76 bits per heavy atom. The van der Waals surface area contributed by atoms with Crippen molar-refractivity contribution in [1.29, 1.82) is 0 Å². The number of hydrogen-bond donors (Lipinski definition) is 2. The second kappa shape index (κ2) is 5.16. The molecule has 0 aliphatic carbocycles. The number of rotatable bonds is 4. The average Bonchev–Trinajstić information content (AvgIpc) is 2.32. The van der Waals surface area contributed by atoms with Gasteiger partial charge < -0.3 is 15.5 Å². The largest absolute Gasteiger partial charge is 0.493 e. The van der Waals surface area contributed by atoms with Crippen LogP contribution in [0.25, 0.3) is 0 Å². The van der Waals surface area contributed by atoms with Crippen LogP contribution in [0.2, 0.25) is 0 Å². The number of nitrogen functional groups attached to an aromatic ring is 1. The Bertz CT molecular complexity index is 534. The minimum Gasteiger partial charge on any atom is -0.493 e. The highest BCUT2D eigenvalue weighted by molar-refractivity contribution is 5.41. The van der Waals surface area contributed by atoms with Gasteiger partial charge in [-0.25, -0.2) is 4.98 Å². The molecule has 0 bridgehead atoms. The molecule has 0 aliphatic heterocycles. The van der Waals surface area contributed by atoms with Gasteiger partial charge in [-0.15, -0.1) is 0 Å². The molecule has 0 spiro atoms. The molecule has 2 rings (SSSR count). The highest BCUT2D eigenvalue weighted by atomic mass is 16.5. The molecule has 5 nitrogen and oxygen atoms in total. The maximum absolute atomic E-state index is 11.0. The maximum Gasteiger partial charge on any atom is 0.250 e. The fourth-order valence-corrected chi connectivity index (χ4v) is 1.38. The van der Waals surface area contributed by atoms with Gasteiger partial charge in [-0.3, -0.25) is 4.79 Å². The average molecular weight is 231 g/mol. The lowest BCUT2D eigenvalue weighted by atomic mass is 10.3. The van der Waals surface area contributed by atoms with E-state index in [-0.39, 0.29) is 5.56 Å². The van der Waals surface area contributed by atoms with Crippen molar-refractivity contribution in [2.24, 2.45) is 0 Å². The van der Waals surface area contributed by atoms with Crippen LogP contribution in [0.1, 0.15) is 5.69 Å². The summed E-state index contributed by atoms with van der Waals surface area (Å²) in [5.41, 5.74) is 6.82. The highest BCUT2D eigenvalue weighted by Crippen LogP contribution is 2.13. The smallest absolute Gasteiger partial charge is 0.250 e. The van der Waals surface area contributed by atoms with E-state index in [0.29, 0.717) is 24.4 Å². The molecule has 0 saturated heterocycles.